The van der Waals surface area contributed by atoms with Crippen molar-refractivity contribution in [3.8, 4) is 0 Å². The minimum atomic E-state index is -2.28. The maximum absolute atomic E-state index is 16.6. The van der Waals surface area contributed by atoms with Crippen LogP contribution < -0.4 is 0 Å². The number of rotatable bonds is 31. The molecule has 47 atom stereocenters. The quantitative estimate of drug-likeness (QED) is 0.0104. The highest BCUT2D eigenvalue weighted by atomic mass is 16.8. The lowest BCUT2D eigenvalue weighted by Crippen LogP contribution is -2.69. The molecule has 5 aliphatic carbocycles. The van der Waals surface area contributed by atoms with Crippen LogP contribution in [-0.2, 0) is 99.6 Å². The topological polar surface area (TPSA) is 662 Å². The summed E-state index contributed by atoms with van der Waals surface area (Å²) in [4.78, 5) is 45.0. The van der Waals surface area contributed by atoms with E-state index in [0.29, 0.717) is 44.9 Å². The van der Waals surface area contributed by atoms with E-state index in [9.17, 15) is 122 Å². The van der Waals surface area contributed by atoms with Crippen molar-refractivity contribution in [3.63, 3.8) is 0 Å². The van der Waals surface area contributed by atoms with Gasteiger partial charge in [0.2, 0.25) is 6.29 Å². The predicted molar refractivity (Wildman–Crippen MR) is 465 cm³/mol. The number of fused-ring (bicyclic) bond motifs is 7. The Kier molecular flexibility index (Phi) is 34.8. The lowest BCUT2D eigenvalue weighted by atomic mass is 9.33. The first-order valence-electron chi connectivity index (χ1n) is 47.7. The van der Waals surface area contributed by atoms with Gasteiger partial charge in [0.15, 0.2) is 62.3 Å². The molecule has 8 aliphatic heterocycles. The molecule has 782 valence electrons. The van der Waals surface area contributed by atoms with Gasteiger partial charge in [0, 0.05) is 5.57 Å². The zero-order valence-corrected chi connectivity index (χ0v) is 79.5. The van der Waals surface area contributed by atoms with Gasteiger partial charge in [-0.15, -0.1) is 13.2 Å². The van der Waals surface area contributed by atoms with Crippen LogP contribution in [0, 0.1) is 50.2 Å². The van der Waals surface area contributed by atoms with Crippen LogP contribution in [-0.4, -0.2) is 421 Å². The number of hydrogen-bond acceptors (Lipinski definition) is 43. The summed E-state index contributed by atoms with van der Waals surface area (Å²) in [7, 11) is 0. The first-order chi connectivity index (χ1) is 64.1. The van der Waals surface area contributed by atoms with E-state index >= 15 is 4.79 Å². The van der Waals surface area contributed by atoms with Crippen molar-refractivity contribution in [3.05, 3.63) is 60.3 Å². The van der Waals surface area contributed by atoms with Crippen molar-refractivity contribution in [1.82, 2.24) is 0 Å². The molecule has 0 bridgehead atoms. The molecule has 13 aliphatic rings. The van der Waals surface area contributed by atoms with Crippen LogP contribution in [0.3, 0.4) is 0 Å². The van der Waals surface area contributed by atoms with Crippen LogP contribution in [0.2, 0.25) is 0 Å². The molecule has 13 rings (SSSR count). The molecule has 0 unspecified atom stereocenters. The molecule has 8 heterocycles. The highest BCUT2D eigenvalue weighted by molar-refractivity contribution is 5.89. The van der Waals surface area contributed by atoms with Crippen LogP contribution >= 0.6 is 0 Å². The summed E-state index contributed by atoms with van der Waals surface area (Å²) in [6, 6.07) is 0. The Morgan fingerprint density at radius 3 is 1.55 bits per heavy atom. The fraction of sp³-hybridized carbons (Fsp3) is 0.862. The number of ether oxygens (including phenoxy) is 18. The number of carbonyl (C=O) groups excluding carboxylic acids is 3. The first-order valence-corrected chi connectivity index (χ1v) is 47.7. The van der Waals surface area contributed by atoms with Gasteiger partial charge in [0.05, 0.1) is 87.4 Å². The van der Waals surface area contributed by atoms with Crippen molar-refractivity contribution < 1.29 is 212 Å². The van der Waals surface area contributed by atoms with E-state index in [2.05, 4.69) is 67.7 Å². The van der Waals surface area contributed by atoms with Crippen LogP contribution in [0.25, 0.3) is 0 Å². The average molecular weight is 1970 g/mol. The second kappa shape index (κ2) is 43.3. The van der Waals surface area contributed by atoms with Crippen molar-refractivity contribution in [1.29, 1.82) is 0 Å². The molecular weight excluding hydrogens is 1820 g/mol. The fourth-order valence-electron chi connectivity index (χ4n) is 23.4. The van der Waals surface area contributed by atoms with Gasteiger partial charge in [0.1, 0.15) is 146 Å². The summed E-state index contributed by atoms with van der Waals surface area (Å²) in [5, 5.41) is 248. The monoisotopic (exact) mass is 1960 g/mol. The number of aliphatic hydroxyl groups excluding tert-OH is 20. The zero-order valence-electron chi connectivity index (χ0n) is 79.5. The number of aliphatic hydroxyl groups is 22. The molecule has 137 heavy (non-hydrogen) atoms. The summed E-state index contributed by atoms with van der Waals surface area (Å²) in [6.45, 7) is 24.8. The molecule has 22 N–H and O–H groups in total. The summed E-state index contributed by atoms with van der Waals surface area (Å²) in [5.41, 5.74) is -7.15. The Hall–Kier alpha value is -4.37. The van der Waals surface area contributed by atoms with Crippen molar-refractivity contribution in [2.45, 2.75) is 411 Å². The highest BCUT2D eigenvalue weighted by Gasteiger charge is 2.73. The molecule has 12 fully saturated rings. The highest BCUT2D eigenvalue weighted by Crippen LogP contribution is 2.76. The largest absolute Gasteiger partial charge is 0.452 e. The summed E-state index contributed by atoms with van der Waals surface area (Å²) in [5.74, 6) is -4.27. The number of hydrogen-bond donors (Lipinski definition) is 22. The summed E-state index contributed by atoms with van der Waals surface area (Å²) >= 11 is 0. The molecule has 43 nitrogen and oxygen atoms in total. The van der Waals surface area contributed by atoms with Gasteiger partial charge in [0.25, 0.3) is 0 Å². The zero-order chi connectivity index (χ0) is 101. The second-order valence-electron chi connectivity index (χ2n) is 42.6. The maximum Gasteiger partial charge on any atom is 0.336 e. The Morgan fingerprint density at radius 2 is 0.949 bits per heavy atom. The summed E-state index contributed by atoms with van der Waals surface area (Å²) in [6.07, 6.45) is -54.9. The standard InChI is InChI=1S/C94H148O43/c1-15-89(10,118)25-17-19-40(3)76(115)131-72-56(101)41(4)126-84(75(72)132-77(116)43(33-95)20-18-26-90(11,119)16-2)125-39-51-61(106)63(108)74(136-81-68(113)64(109)70(42(5)127-81)133-80-69(114)71(49(99)37-122-80)134-78-65(110)57(102)46(96)34-120-78)85(129-51)137-86(117)94-30-29-87(6,7)31-45(94)44-21-22-53-91(12)27-24-55(88(8,9)52(91)23-28-92(53,13)93(44,14)32-54(94)100)130-82-67(112)62(107)60(105)50(128-82)38-124-83-73(59(104)48(98)36-123-83)135-79-66(111)58(103)47(97)35-121-79/h15-16,19-21,41-42,45-75,78-85,95-114,118-119H,1-2,17-18,22-39H2,3-14H3/b40-19+,43-20+/t41-,42-,45-,46+,47+,48-,49+,50+,51+,52-,53+,54+,55-,56-,57-,58-,59-,60+,61+,62-,63-,64-,65+,66+,67+,68+,69+,70-,71-,72+,73+,74+,75+,78-,79-,80-,81-,82-,83-,84+,85-,89+,90+,91-,92+,93+,94+/m0/s1. The van der Waals surface area contributed by atoms with Crippen LogP contribution in [0.15, 0.2) is 60.3 Å². The Balaban J connectivity index is 0.767. The van der Waals surface area contributed by atoms with Gasteiger partial charge in [-0.3, -0.25) is 4.79 Å². The number of allylic oxidation sites excluding steroid dienone is 4. The molecule has 0 aromatic carbocycles. The van der Waals surface area contributed by atoms with E-state index in [1.54, 1.807) is 0 Å². The van der Waals surface area contributed by atoms with Crippen molar-refractivity contribution in [2.75, 3.05) is 46.2 Å². The Bertz CT molecular complexity index is 4190. The maximum atomic E-state index is 16.6. The third-order valence-electron chi connectivity index (χ3n) is 32.4. The van der Waals surface area contributed by atoms with Crippen LogP contribution in [0.5, 0.6) is 0 Å². The van der Waals surface area contributed by atoms with Crippen molar-refractivity contribution >= 4 is 17.9 Å². The molecule has 0 radical (unpaired) electrons. The van der Waals surface area contributed by atoms with Gasteiger partial charge in [-0.2, -0.15) is 0 Å². The predicted octanol–water partition coefficient (Wildman–Crippen LogP) is -3.75. The molecule has 8 saturated heterocycles. The van der Waals surface area contributed by atoms with E-state index in [4.69, 9.17) is 85.3 Å². The normalized spacial score (nSPS) is 48.3. The van der Waals surface area contributed by atoms with Crippen LogP contribution in [0.4, 0.5) is 0 Å². The van der Waals surface area contributed by atoms with Gasteiger partial charge < -0.3 is 198 Å². The molecule has 43 heteroatoms. The van der Waals surface area contributed by atoms with Crippen molar-refractivity contribution in [2.24, 2.45) is 50.2 Å². The third kappa shape index (κ3) is 22.1. The molecule has 0 amide bonds. The molecule has 0 spiro atoms. The third-order valence-corrected chi connectivity index (χ3v) is 32.4. The van der Waals surface area contributed by atoms with Crippen LogP contribution in [0.1, 0.15) is 167 Å². The minimum Gasteiger partial charge on any atom is -0.452 e. The van der Waals surface area contributed by atoms with Gasteiger partial charge in [-0.05, 0) is 163 Å². The number of esters is 3. The molecule has 0 aromatic heterocycles. The SMILES string of the molecule is C=C[C@@](C)(O)CC/C=C(\C)C(=O)O[C@@H]1[C@@H](O)[C@H](C)O[C@@H](OC[C@H]2O[C@@H](OC(=O)[C@]34CCC(C)(C)C[C@H]3C3=CC[C@@H]5[C@@]6(C)CC[C@H](O[C@@H]7O[C@H](CO[C@@H]8OC[C@H](O)[C@H](O)[C@H]8O[C@@H]8OC[C@@H](O)[C@H](O)[C@H]8O)[C@@H](O)[C@H](O)[C@H]7O)C(C)(C)[C@@H]6CC[C@@]5(C)[C@]3(C)C[C@H]4O)[C@H](O[C@@H]3O[C@@H](C)[C@H](O[C@@H]4OC[C@@H](O)[C@H](O[C@@H]5OC[C@@H](O)[C@H](O)[C@H]5O)[C@H]4O)[C@@H](O)[C@H]3O)[C@@H](O)[C@@H]2O)[C@@H]1OC(=O)/C(=C/CC[C@](C)(O)C=C)CO. The van der Waals surface area contributed by atoms with Gasteiger partial charge in [-0.25, -0.2) is 9.59 Å². The lowest BCUT2D eigenvalue weighted by molar-refractivity contribution is -0.381. The van der Waals surface area contributed by atoms with E-state index in [-0.39, 0.29) is 61.5 Å². The molecule has 4 saturated carbocycles. The first kappa shape index (κ1) is 110. The van der Waals surface area contributed by atoms with E-state index < -0.39 is 347 Å². The second-order valence-corrected chi connectivity index (χ2v) is 42.6. The molecule has 0 aromatic rings. The smallest absolute Gasteiger partial charge is 0.336 e. The fourth-order valence-corrected chi connectivity index (χ4v) is 23.4. The minimum absolute atomic E-state index is 0.00705. The Morgan fingerprint density at radius 1 is 0.460 bits per heavy atom. The van der Waals surface area contributed by atoms with Gasteiger partial charge >= 0.3 is 17.9 Å². The van der Waals surface area contributed by atoms with E-state index in [1.165, 1.54) is 58.9 Å². The lowest BCUT2D eigenvalue weighted by Gasteiger charge is -2.71. The van der Waals surface area contributed by atoms with E-state index in [1.807, 2.05) is 0 Å². The van der Waals surface area contributed by atoms with E-state index in [0.717, 1.165) is 5.57 Å². The molecular formula is C94H148O43. The average Bonchev–Trinajstić information content (AvgIpc) is 0.668. The Labute approximate surface area is 794 Å². The summed E-state index contributed by atoms with van der Waals surface area (Å²) < 4.78 is 109. The van der Waals surface area contributed by atoms with Gasteiger partial charge in [-0.1, -0.05) is 84.4 Å². The number of carbonyl (C=O) groups is 3.